The number of aryl methyl sites for hydroxylation is 2. The maximum Gasteiger partial charge on any atom is 0.238 e. The van der Waals surface area contributed by atoms with E-state index >= 15 is 0 Å². The molecule has 8 heteroatoms. The number of piperazine rings is 1. The summed E-state index contributed by atoms with van der Waals surface area (Å²) in [5.41, 5.74) is 1.51. The fourth-order valence-electron chi connectivity index (χ4n) is 2.87. The maximum atomic E-state index is 12.2. The van der Waals surface area contributed by atoms with E-state index in [0.717, 1.165) is 43.5 Å². The lowest BCUT2D eigenvalue weighted by atomic mass is 10.3. The fourth-order valence-corrected chi connectivity index (χ4v) is 3.03. The van der Waals surface area contributed by atoms with Gasteiger partial charge in [0.05, 0.1) is 12.2 Å². The van der Waals surface area contributed by atoms with E-state index in [1.807, 2.05) is 19.9 Å². The molecule has 1 amide bonds. The van der Waals surface area contributed by atoms with Gasteiger partial charge in [-0.3, -0.25) is 9.69 Å². The molecule has 1 N–H and O–H groups in total. The molecule has 1 aliphatic rings. The first-order valence-corrected chi connectivity index (χ1v) is 8.59. The van der Waals surface area contributed by atoms with Crippen molar-refractivity contribution in [2.75, 3.05) is 42.9 Å². The second-order valence-electron chi connectivity index (χ2n) is 6.07. The molecule has 3 rings (SSSR count). The molecule has 0 unspecified atom stereocenters. The van der Waals surface area contributed by atoms with Crippen LogP contribution in [0.3, 0.4) is 0 Å². The quantitative estimate of drug-likeness (QED) is 0.839. The Bertz CT molecular complexity index is 740. The van der Waals surface area contributed by atoms with Gasteiger partial charge < -0.3 is 10.2 Å². The molecule has 0 radical (unpaired) electrons. The van der Waals surface area contributed by atoms with E-state index in [4.69, 9.17) is 11.6 Å². The molecule has 3 heterocycles. The number of hydrogen-bond donors (Lipinski definition) is 1. The van der Waals surface area contributed by atoms with Gasteiger partial charge in [-0.2, -0.15) is 0 Å². The van der Waals surface area contributed by atoms with E-state index in [2.05, 4.69) is 30.1 Å². The smallest absolute Gasteiger partial charge is 0.238 e. The van der Waals surface area contributed by atoms with Crippen LogP contribution in [0.1, 0.15) is 11.5 Å². The van der Waals surface area contributed by atoms with Gasteiger partial charge in [0.15, 0.2) is 5.15 Å². The number of rotatable bonds is 4. The van der Waals surface area contributed by atoms with Crippen molar-refractivity contribution >= 4 is 29.0 Å². The summed E-state index contributed by atoms with van der Waals surface area (Å²) >= 11 is 5.97. The van der Waals surface area contributed by atoms with Gasteiger partial charge in [0.2, 0.25) is 5.91 Å². The highest BCUT2D eigenvalue weighted by atomic mass is 35.5. The standard InChI is InChI=1S/C17H21ClN6O/c1-12-10-15(21-13(2)20-12)24-8-6-23(7-9-24)11-16(25)22-14-4-3-5-19-17(14)18/h3-5,10H,6-9,11H2,1-2H3,(H,22,25). The summed E-state index contributed by atoms with van der Waals surface area (Å²) in [4.78, 5) is 29.3. The third kappa shape index (κ3) is 4.64. The number of halogens is 1. The zero-order valence-electron chi connectivity index (χ0n) is 14.4. The van der Waals surface area contributed by atoms with Crippen LogP contribution in [0.5, 0.6) is 0 Å². The molecule has 2 aromatic rings. The molecule has 1 saturated heterocycles. The van der Waals surface area contributed by atoms with Crippen LogP contribution in [0.25, 0.3) is 0 Å². The van der Waals surface area contributed by atoms with E-state index in [9.17, 15) is 4.79 Å². The highest BCUT2D eigenvalue weighted by Crippen LogP contribution is 2.18. The minimum Gasteiger partial charge on any atom is -0.354 e. The van der Waals surface area contributed by atoms with Crippen molar-refractivity contribution in [3.05, 3.63) is 41.1 Å². The average Bonchev–Trinajstić information content (AvgIpc) is 2.57. The Morgan fingerprint density at radius 1 is 1.24 bits per heavy atom. The van der Waals surface area contributed by atoms with E-state index in [-0.39, 0.29) is 5.91 Å². The largest absolute Gasteiger partial charge is 0.354 e. The van der Waals surface area contributed by atoms with Gasteiger partial charge in [-0.25, -0.2) is 15.0 Å². The Morgan fingerprint density at radius 3 is 2.68 bits per heavy atom. The zero-order valence-corrected chi connectivity index (χ0v) is 15.1. The molecular formula is C17H21ClN6O. The Morgan fingerprint density at radius 2 is 2.00 bits per heavy atom. The van der Waals surface area contributed by atoms with Crippen LogP contribution in [0, 0.1) is 13.8 Å². The third-order valence-electron chi connectivity index (χ3n) is 4.05. The Hall–Kier alpha value is -2.25. The van der Waals surface area contributed by atoms with Crippen LogP contribution >= 0.6 is 11.6 Å². The number of nitrogens with one attached hydrogen (secondary N) is 1. The Kier molecular flexibility index (Phi) is 5.45. The van der Waals surface area contributed by atoms with Gasteiger partial charge in [0.1, 0.15) is 11.6 Å². The second kappa shape index (κ2) is 7.76. The number of hydrogen-bond acceptors (Lipinski definition) is 6. The van der Waals surface area contributed by atoms with E-state index < -0.39 is 0 Å². The molecule has 2 aromatic heterocycles. The molecule has 0 atom stereocenters. The van der Waals surface area contributed by atoms with Crippen molar-refractivity contribution in [1.82, 2.24) is 19.9 Å². The van der Waals surface area contributed by atoms with Crippen molar-refractivity contribution in [3.63, 3.8) is 0 Å². The molecule has 1 fully saturated rings. The third-order valence-corrected chi connectivity index (χ3v) is 4.35. The first-order valence-electron chi connectivity index (χ1n) is 8.21. The summed E-state index contributed by atoms with van der Waals surface area (Å²) in [5, 5.41) is 3.11. The normalized spacial score (nSPS) is 15.2. The summed E-state index contributed by atoms with van der Waals surface area (Å²) in [7, 11) is 0. The van der Waals surface area contributed by atoms with Crippen LogP contribution in [-0.2, 0) is 4.79 Å². The number of nitrogens with zero attached hydrogens (tertiary/aromatic N) is 5. The van der Waals surface area contributed by atoms with Gasteiger partial charge in [-0.15, -0.1) is 0 Å². The lowest BCUT2D eigenvalue weighted by Crippen LogP contribution is -2.49. The molecule has 132 valence electrons. The molecule has 0 bridgehead atoms. The molecule has 0 saturated carbocycles. The monoisotopic (exact) mass is 360 g/mol. The van der Waals surface area contributed by atoms with Gasteiger partial charge in [-0.1, -0.05) is 11.6 Å². The first kappa shape index (κ1) is 17.6. The number of carbonyl (C=O) groups excluding carboxylic acids is 1. The highest BCUT2D eigenvalue weighted by molar-refractivity contribution is 6.32. The molecule has 25 heavy (non-hydrogen) atoms. The average molecular weight is 361 g/mol. The van der Waals surface area contributed by atoms with Crippen molar-refractivity contribution in [2.24, 2.45) is 0 Å². The van der Waals surface area contributed by atoms with Crippen molar-refractivity contribution < 1.29 is 4.79 Å². The van der Waals surface area contributed by atoms with Crippen LogP contribution < -0.4 is 10.2 Å². The lowest BCUT2D eigenvalue weighted by Gasteiger charge is -2.35. The van der Waals surface area contributed by atoms with Crippen LogP contribution in [0.2, 0.25) is 5.15 Å². The number of pyridine rings is 1. The van der Waals surface area contributed by atoms with Crippen LogP contribution in [0.15, 0.2) is 24.4 Å². The number of anilines is 2. The predicted molar refractivity (Wildman–Crippen MR) is 98.0 cm³/mol. The maximum absolute atomic E-state index is 12.2. The second-order valence-corrected chi connectivity index (χ2v) is 6.43. The Labute approximate surface area is 152 Å². The van der Waals surface area contributed by atoms with Gasteiger partial charge in [0, 0.05) is 44.1 Å². The number of carbonyl (C=O) groups is 1. The molecule has 0 aliphatic carbocycles. The van der Waals surface area contributed by atoms with Crippen molar-refractivity contribution in [2.45, 2.75) is 13.8 Å². The summed E-state index contributed by atoms with van der Waals surface area (Å²) in [6.45, 7) is 7.48. The minimum absolute atomic E-state index is 0.0860. The van der Waals surface area contributed by atoms with Gasteiger partial charge in [-0.05, 0) is 26.0 Å². The van der Waals surface area contributed by atoms with Crippen molar-refractivity contribution in [1.29, 1.82) is 0 Å². The molecule has 7 nitrogen and oxygen atoms in total. The fraction of sp³-hybridized carbons (Fsp3) is 0.412. The Balaban J connectivity index is 1.52. The van der Waals surface area contributed by atoms with Gasteiger partial charge in [0.25, 0.3) is 0 Å². The molecule has 0 spiro atoms. The summed E-state index contributed by atoms with van der Waals surface area (Å²) < 4.78 is 0. The molecule has 0 aromatic carbocycles. The predicted octanol–water partition coefficient (Wildman–Crippen LogP) is 1.90. The lowest BCUT2D eigenvalue weighted by molar-refractivity contribution is -0.117. The molecular weight excluding hydrogens is 340 g/mol. The first-order chi connectivity index (χ1) is 12.0. The van der Waals surface area contributed by atoms with E-state index in [1.165, 1.54) is 0 Å². The van der Waals surface area contributed by atoms with Crippen LogP contribution in [-0.4, -0.2) is 58.5 Å². The van der Waals surface area contributed by atoms with E-state index in [0.29, 0.717) is 17.4 Å². The molecule has 1 aliphatic heterocycles. The SMILES string of the molecule is Cc1cc(N2CCN(CC(=O)Nc3cccnc3Cl)CC2)nc(C)n1. The summed E-state index contributed by atoms with van der Waals surface area (Å²) in [6.07, 6.45) is 1.59. The highest BCUT2D eigenvalue weighted by Gasteiger charge is 2.20. The number of amides is 1. The van der Waals surface area contributed by atoms with Gasteiger partial charge >= 0.3 is 0 Å². The van der Waals surface area contributed by atoms with Crippen molar-refractivity contribution in [3.8, 4) is 0 Å². The summed E-state index contributed by atoms with van der Waals surface area (Å²) in [5.74, 6) is 1.65. The summed E-state index contributed by atoms with van der Waals surface area (Å²) in [6, 6.07) is 5.48. The topological polar surface area (TPSA) is 74.2 Å². The van der Waals surface area contributed by atoms with E-state index in [1.54, 1.807) is 18.3 Å². The van der Waals surface area contributed by atoms with Crippen LogP contribution in [0.4, 0.5) is 11.5 Å². The zero-order chi connectivity index (χ0) is 17.8. The number of aromatic nitrogens is 3. The minimum atomic E-state index is -0.0860.